The summed E-state index contributed by atoms with van der Waals surface area (Å²) in [6.45, 7) is 1.44. The molecule has 0 saturated carbocycles. The van der Waals surface area contributed by atoms with Crippen molar-refractivity contribution in [3.05, 3.63) is 0 Å². The highest BCUT2D eigenvalue weighted by Crippen LogP contribution is 2.19. The molecular formula is C12H20N2O3. The second kappa shape index (κ2) is 5.04. The zero-order chi connectivity index (χ0) is 12.4. The van der Waals surface area contributed by atoms with Crippen LogP contribution < -0.4 is 0 Å². The van der Waals surface area contributed by atoms with Gasteiger partial charge in [-0.25, -0.2) is 0 Å². The lowest BCUT2D eigenvalue weighted by Crippen LogP contribution is -2.45. The van der Waals surface area contributed by atoms with Crippen LogP contribution in [0.15, 0.2) is 0 Å². The fourth-order valence-corrected chi connectivity index (χ4v) is 2.53. The molecule has 0 aromatic rings. The number of carbonyl (C=O) groups excluding carboxylic acids is 2. The number of hydrogen-bond donors (Lipinski definition) is 0. The van der Waals surface area contributed by atoms with Gasteiger partial charge in [-0.1, -0.05) is 0 Å². The fraction of sp³-hybridized carbons (Fsp3) is 0.833. The van der Waals surface area contributed by atoms with Gasteiger partial charge in [0.05, 0.1) is 6.10 Å². The minimum Gasteiger partial charge on any atom is -0.376 e. The highest BCUT2D eigenvalue weighted by Gasteiger charge is 2.35. The minimum absolute atomic E-state index is 0.0360. The van der Waals surface area contributed by atoms with E-state index in [1.165, 1.54) is 0 Å². The number of likely N-dealkylation sites (tertiary alicyclic amines) is 1. The summed E-state index contributed by atoms with van der Waals surface area (Å²) in [6, 6.07) is -0.270. The molecule has 17 heavy (non-hydrogen) atoms. The molecule has 2 fully saturated rings. The fourth-order valence-electron chi connectivity index (χ4n) is 2.53. The molecule has 2 saturated heterocycles. The van der Waals surface area contributed by atoms with Gasteiger partial charge in [-0.2, -0.15) is 0 Å². The third-order valence-electron chi connectivity index (χ3n) is 3.66. The molecule has 2 aliphatic heterocycles. The minimum atomic E-state index is -0.270. The number of ether oxygens (including phenoxy) is 1. The summed E-state index contributed by atoms with van der Waals surface area (Å²) < 4.78 is 5.51. The van der Waals surface area contributed by atoms with E-state index in [2.05, 4.69) is 0 Å². The lowest BCUT2D eigenvalue weighted by molar-refractivity contribution is -0.140. The molecule has 2 atom stereocenters. The lowest BCUT2D eigenvalue weighted by atomic mass is 10.1. The van der Waals surface area contributed by atoms with Crippen molar-refractivity contribution in [3.8, 4) is 0 Å². The van der Waals surface area contributed by atoms with Crippen molar-refractivity contribution < 1.29 is 14.3 Å². The predicted octanol–water partition coefficient (Wildman–Crippen LogP) is 0.245. The van der Waals surface area contributed by atoms with Crippen molar-refractivity contribution in [2.24, 2.45) is 0 Å². The van der Waals surface area contributed by atoms with Crippen molar-refractivity contribution in [3.63, 3.8) is 0 Å². The van der Waals surface area contributed by atoms with Gasteiger partial charge >= 0.3 is 0 Å². The lowest BCUT2D eigenvalue weighted by Gasteiger charge is -2.27. The Morgan fingerprint density at radius 2 is 2.29 bits per heavy atom. The van der Waals surface area contributed by atoms with Crippen LogP contribution in [-0.4, -0.2) is 61.0 Å². The van der Waals surface area contributed by atoms with Crippen LogP contribution in [0.4, 0.5) is 0 Å². The molecule has 0 unspecified atom stereocenters. The average Bonchev–Trinajstić information content (AvgIpc) is 2.90. The number of amides is 2. The smallest absolute Gasteiger partial charge is 0.245 e. The molecule has 96 valence electrons. The number of hydrogen-bond acceptors (Lipinski definition) is 3. The first-order chi connectivity index (χ1) is 8.09. The quantitative estimate of drug-likeness (QED) is 0.710. The highest BCUT2D eigenvalue weighted by atomic mass is 16.5. The third kappa shape index (κ3) is 2.60. The predicted molar refractivity (Wildman–Crippen MR) is 62.4 cm³/mol. The molecule has 2 heterocycles. The van der Waals surface area contributed by atoms with Gasteiger partial charge in [0, 0.05) is 33.7 Å². The maximum Gasteiger partial charge on any atom is 0.245 e. The van der Waals surface area contributed by atoms with Crippen LogP contribution in [0.25, 0.3) is 0 Å². The number of likely N-dealkylation sites (N-methyl/N-ethyl adjacent to an activating group) is 2. The van der Waals surface area contributed by atoms with Crippen molar-refractivity contribution in [2.45, 2.75) is 37.8 Å². The first-order valence-electron chi connectivity index (χ1n) is 6.22. The van der Waals surface area contributed by atoms with Gasteiger partial charge in [-0.3, -0.25) is 9.59 Å². The topological polar surface area (TPSA) is 49.9 Å². The Balaban J connectivity index is 1.88. The molecule has 2 amide bonds. The highest BCUT2D eigenvalue weighted by molar-refractivity contribution is 5.90. The Bertz CT molecular complexity index is 313. The number of rotatable bonds is 3. The maximum absolute atomic E-state index is 12.2. The summed E-state index contributed by atoms with van der Waals surface area (Å²) in [7, 11) is 3.50. The van der Waals surface area contributed by atoms with Crippen LogP contribution in [0.1, 0.15) is 25.7 Å². The van der Waals surface area contributed by atoms with Crippen molar-refractivity contribution >= 4 is 11.8 Å². The molecule has 5 heteroatoms. The third-order valence-corrected chi connectivity index (χ3v) is 3.66. The largest absolute Gasteiger partial charge is 0.376 e. The maximum atomic E-state index is 12.2. The second-order valence-electron chi connectivity index (χ2n) is 4.91. The molecule has 0 radical (unpaired) electrons. The van der Waals surface area contributed by atoms with E-state index in [0.29, 0.717) is 19.4 Å². The summed E-state index contributed by atoms with van der Waals surface area (Å²) in [6.07, 6.45) is 3.40. The molecule has 0 aromatic heterocycles. The first kappa shape index (κ1) is 12.4. The van der Waals surface area contributed by atoms with Gasteiger partial charge in [0.1, 0.15) is 6.04 Å². The number of nitrogens with zero attached hydrogens (tertiary/aromatic N) is 2. The standard InChI is InChI=1S/C12H20N2O3/c1-13(8-9-4-3-7-17-9)12(16)10-5-6-11(15)14(10)2/h9-10H,3-8H2,1-2H3/t9-,10-/m0/s1. The van der Waals surface area contributed by atoms with Crippen molar-refractivity contribution in [2.75, 3.05) is 27.2 Å². The molecule has 2 aliphatic rings. The van der Waals surface area contributed by atoms with Crippen molar-refractivity contribution in [1.29, 1.82) is 0 Å². The van der Waals surface area contributed by atoms with E-state index in [4.69, 9.17) is 4.74 Å². The molecule has 0 bridgehead atoms. The molecule has 0 aliphatic carbocycles. The van der Waals surface area contributed by atoms with Crippen LogP contribution in [0.2, 0.25) is 0 Å². The van der Waals surface area contributed by atoms with E-state index in [1.54, 1.807) is 23.9 Å². The van der Waals surface area contributed by atoms with E-state index in [9.17, 15) is 9.59 Å². The summed E-state index contributed by atoms with van der Waals surface area (Å²) >= 11 is 0. The zero-order valence-electron chi connectivity index (χ0n) is 10.5. The molecule has 0 aromatic carbocycles. The zero-order valence-corrected chi connectivity index (χ0v) is 10.5. The number of carbonyl (C=O) groups is 2. The van der Waals surface area contributed by atoms with Crippen LogP contribution in [-0.2, 0) is 14.3 Å². The van der Waals surface area contributed by atoms with Gasteiger partial charge in [-0.15, -0.1) is 0 Å². The first-order valence-corrected chi connectivity index (χ1v) is 6.22. The molecule has 0 spiro atoms. The Hall–Kier alpha value is -1.10. The average molecular weight is 240 g/mol. The van der Waals surface area contributed by atoms with E-state index >= 15 is 0 Å². The normalized spacial score (nSPS) is 28.8. The SMILES string of the molecule is CN(C[C@@H]1CCCO1)C(=O)[C@@H]1CCC(=O)N1C. The van der Waals surface area contributed by atoms with E-state index in [1.807, 2.05) is 0 Å². The molecule has 2 rings (SSSR count). The van der Waals surface area contributed by atoms with Crippen molar-refractivity contribution in [1.82, 2.24) is 9.80 Å². The van der Waals surface area contributed by atoms with Gasteiger partial charge in [-0.05, 0) is 19.3 Å². The Morgan fingerprint density at radius 1 is 1.53 bits per heavy atom. The Kier molecular flexibility index (Phi) is 3.66. The second-order valence-corrected chi connectivity index (χ2v) is 4.91. The van der Waals surface area contributed by atoms with Crippen LogP contribution >= 0.6 is 0 Å². The Labute approximate surface area is 102 Å². The summed E-state index contributed by atoms with van der Waals surface area (Å²) in [5.41, 5.74) is 0. The van der Waals surface area contributed by atoms with Crippen LogP contribution in [0.5, 0.6) is 0 Å². The molecule has 5 nitrogen and oxygen atoms in total. The monoisotopic (exact) mass is 240 g/mol. The van der Waals surface area contributed by atoms with E-state index < -0.39 is 0 Å². The molecule has 0 N–H and O–H groups in total. The summed E-state index contributed by atoms with van der Waals surface area (Å²) in [4.78, 5) is 26.8. The van der Waals surface area contributed by atoms with Gasteiger partial charge in [0.15, 0.2) is 0 Å². The van der Waals surface area contributed by atoms with Crippen LogP contribution in [0, 0.1) is 0 Å². The summed E-state index contributed by atoms with van der Waals surface area (Å²) in [5, 5.41) is 0. The Morgan fingerprint density at radius 3 is 2.82 bits per heavy atom. The van der Waals surface area contributed by atoms with E-state index in [0.717, 1.165) is 19.4 Å². The van der Waals surface area contributed by atoms with Gasteiger partial charge < -0.3 is 14.5 Å². The van der Waals surface area contributed by atoms with Gasteiger partial charge in [0.2, 0.25) is 11.8 Å². The van der Waals surface area contributed by atoms with Crippen LogP contribution in [0.3, 0.4) is 0 Å². The van der Waals surface area contributed by atoms with E-state index in [-0.39, 0.29) is 24.0 Å². The van der Waals surface area contributed by atoms with Gasteiger partial charge in [0.25, 0.3) is 0 Å². The summed E-state index contributed by atoms with van der Waals surface area (Å²) in [5.74, 6) is 0.0997. The molecular weight excluding hydrogens is 220 g/mol.